The van der Waals surface area contributed by atoms with Crippen LogP contribution in [0.1, 0.15) is 84.8 Å². The van der Waals surface area contributed by atoms with Gasteiger partial charge in [0.1, 0.15) is 18.8 Å². The summed E-state index contributed by atoms with van der Waals surface area (Å²) in [4.78, 5) is 49.6. The number of carbonyl (C=O) groups is 2. The van der Waals surface area contributed by atoms with E-state index in [4.69, 9.17) is 26.2 Å². The number of nitrogens with one attached hydrogen (secondary N) is 2. The fourth-order valence-electron chi connectivity index (χ4n) is 5.79. The molecule has 0 aliphatic carbocycles. The third-order valence-corrected chi connectivity index (χ3v) is 15.8. The van der Waals surface area contributed by atoms with Crippen LogP contribution >= 0.6 is 11.1 Å². The second kappa shape index (κ2) is 23.7. The number of nitrogens with zero attached hydrogens (tertiary/aromatic N) is 8. The van der Waals surface area contributed by atoms with Gasteiger partial charge in [-0.15, -0.1) is 0 Å². The number of benzene rings is 2. The Morgan fingerprint density at radius 2 is 1.15 bits per heavy atom. The molecule has 2 aliphatic heterocycles. The molecule has 21 heteroatoms. The lowest BCUT2D eigenvalue weighted by molar-refractivity contribution is -0.0137. The topological polar surface area (TPSA) is 225 Å². The largest absolute Gasteiger partial charge is 0.400 e. The maximum absolute atomic E-state index is 14.7. The summed E-state index contributed by atoms with van der Waals surface area (Å²) < 4.78 is 69.3. The molecule has 354 valence electrons. The molecule has 5 N–H and O–H groups in total. The second-order valence-corrected chi connectivity index (χ2v) is 23.1. The van der Waals surface area contributed by atoms with Crippen LogP contribution in [0.4, 0.5) is 20.4 Å². The van der Waals surface area contributed by atoms with Gasteiger partial charge in [0.2, 0.25) is 2.86 Å². The average Bonchev–Trinajstić information content (AvgIpc) is 4.08. The summed E-state index contributed by atoms with van der Waals surface area (Å²) in [6.45, 7) is 12.4. The van der Waals surface area contributed by atoms with Crippen molar-refractivity contribution in [3.05, 3.63) is 97.1 Å². The van der Waals surface area contributed by atoms with Gasteiger partial charge in [-0.3, -0.25) is 18.7 Å². The summed E-state index contributed by atoms with van der Waals surface area (Å²) in [5.74, 6) is -0.669. The molecule has 2 saturated heterocycles. The number of fused-ring (bicyclic) bond motifs is 2. The normalized spacial score (nSPS) is 23.1. The first-order chi connectivity index (χ1) is 32.3. The summed E-state index contributed by atoms with van der Waals surface area (Å²) in [5, 5.41) is 22.6. The van der Waals surface area contributed by atoms with Crippen molar-refractivity contribution in [1.82, 2.24) is 39.0 Å². The zero-order valence-electron chi connectivity index (χ0n) is 40.7. The van der Waals surface area contributed by atoms with E-state index in [9.17, 15) is 23.5 Å². The smallest absolute Gasteiger partial charge is 0.256 e. The van der Waals surface area contributed by atoms with E-state index in [0.717, 1.165) is 0 Å². The van der Waals surface area contributed by atoms with Gasteiger partial charge in [0.05, 0.1) is 24.9 Å². The minimum absolute atomic E-state index is 0. The first-order valence-corrected chi connectivity index (χ1v) is 23.9. The summed E-state index contributed by atoms with van der Waals surface area (Å²) in [7, 11) is 1.20. The first kappa shape index (κ1) is 47.6. The van der Waals surface area contributed by atoms with Crippen molar-refractivity contribution in [1.29, 1.82) is 2.86 Å². The lowest BCUT2D eigenvalue weighted by Crippen LogP contribution is -2.29. The van der Waals surface area contributed by atoms with Gasteiger partial charge in [-0.2, -0.15) is 11.1 Å². The quantitative estimate of drug-likeness (QED) is 0.0797. The van der Waals surface area contributed by atoms with Crippen LogP contribution in [0, 0.1) is 5.92 Å². The van der Waals surface area contributed by atoms with Gasteiger partial charge in [-0.25, -0.2) is 38.7 Å². The highest BCUT2D eigenvalue weighted by Crippen LogP contribution is 2.39. The van der Waals surface area contributed by atoms with Crippen LogP contribution < -0.4 is 10.6 Å². The fourth-order valence-corrected chi connectivity index (χ4v) is 5.79. The molecule has 0 saturated carbocycles. The highest BCUT2D eigenvalue weighted by molar-refractivity contribution is 7.20. The number of hydrogen-bond donors (Lipinski definition) is 5. The lowest BCUT2D eigenvalue weighted by Gasteiger charge is -2.29. The number of imidazole rings is 2. The number of anilines is 2. The number of aliphatic hydroxyl groups is 3. The molecule has 0 unspecified atom stereocenters. The molecule has 0 bridgehead atoms. The zero-order chi connectivity index (χ0) is 50.3. The van der Waals surface area contributed by atoms with Gasteiger partial charge >= 0.3 is 0 Å². The van der Waals surface area contributed by atoms with E-state index in [1.165, 1.54) is 48.7 Å². The van der Waals surface area contributed by atoms with E-state index in [2.05, 4.69) is 84.6 Å². The molecule has 0 radical (unpaired) electrons. The maximum atomic E-state index is 14.7. The van der Waals surface area contributed by atoms with Gasteiger partial charge in [-0.1, -0.05) is 84.6 Å². The minimum Gasteiger partial charge on any atom is -0.400 e. The molecular weight excluding hydrogens is 882 g/mol. The van der Waals surface area contributed by atoms with Crippen LogP contribution in [0.5, 0.6) is 0 Å². The number of alkyl halides is 2. The molecule has 2 aliphatic rings. The van der Waals surface area contributed by atoms with E-state index in [1.54, 1.807) is 61.5 Å². The molecule has 2 amide bonds. The SMILES string of the molecule is C.CC(C)(C)[Si](C)(C)Cl.[2H]C[C@H]1O[C@@H](n2cnc3c(NC(=O)c4ccccc4)ncnc32)[C@H](F)[C@@H]1C.[2H]C[C@H]1O[C@@H](n2cnc3c(NC(=O)c4ccccc4)ncnc32)[C@H](F)[C@@H]1O.[3H]OC.[3H]OC. The van der Waals surface area contributed by atoms with E-state index < -0.39 is 56.4 Å². The Bertz CT molecular complexity index is 2340. The molecule has 2 aromatic carbocycles. The number of aromatic nitrogens is 8. The van der Waals surface area contributed by atoms with E-state index in [1.807, 2.05) is 6.07 Å². The molecule has 6 aromatic rings. The van der Waals surface area contributed by atoms with Gasteiger partial charge in [0, 0.05) is 34.0 Å². The van der Waals surface area contributed by atoms with E-state index in [-0.39, 0.29) is 55.8 Å². The summed E-state index contributed by atoms with van der Waals surface area (Å²) in [6.07, 6.45) is -2.64. The second-order valence-electron chi connectivity index (χ2n) is 15.8. The minimum atomic E-state index is -1.73. The standard InChI is InChI=1S/C18H18FN5O2.C17H16FN5O3.C6H15ClSi.2CH4O.CH4/c1-10-11(2)26-18(13(10)19)24-9-22-14-15(20-8-21-16(14)24)23-17(25)12-6-4-3-5-7-12;1-9-13(24)11(18)17(26-9)23-8-21-12-14(19-7-20-15(12)23)22-16(25)10-5-3-2-4-6-10;1-6(2,3)8(4,5)7;2*1-2;/h3-11,13,18H,1-2H3,(H,20,21,23,25);2-9,11,13,17,24H,1H3,(H,19,20,22,25);1-5H3;2*2H,1H3;1H4/t10-,11-,13-,18-;9-,11-,13-,17-;;;;/m11..../s1/i2D;1D;;2*2T;. The van der Waals surface area contributed by atoms with Crippen LogP contribution in [-0.2, 0) is 9.47 Å². The van der Waals surface area contributed by atoms with Gasteiger partial charge in [0.15, 0.2) is 66.1 Å². The Labute approximate surface area is 389 Å². The number of rotatable bonds is 6. The first-order valence-electron chi connectivity index (χ1n) is 22.1. The number of hydrogen-bond acceptors (Lipinski definition) is 13. The Morgan fingerprint density at radius 1 is 0.769 bits per heavy atom. The number of halogens is 3. The predicted octanol–water partition coefficient (Wildman–Crippen LogP) is 7.75. The molecule has 6 heterocycles. The van der Waals surface area contributed by atoms with Crippen LogP contribution in [0.15, 0.2) is 86.0 Å². The summed E-state index contributed by atoms with van der Waals surface area (Å²) in [6, 6.07) is 17.3. The van der Waals surface area contributed by atoms with Crippen molar-refractivity contribution in [2.24, 2.45) is 5.92 Å². The van der Waals surface area contributed by atoms with Crippen molar-refractivity contribution in [2.45, 2.75) is 110 Å². The number of ether oxygens (including phenoxy) is 2. The van der Waals surface area contributed by atoms with Crippen molar-refractivity contribution < 1.29 is 45.9 Å². The Morgan fingerprint density at radius 3 is 1.51 bits per heavy atom. The Balaban J connectivity index is 0.000000285. The highest BCUT2D eigenvalue weighted by Gasteiger charge is 2.44. The molecule has 17 nitrogen and oxygen atoms in total. The lowest BCUT2D eigenvalue weighted by atomic mass is 10.0. The summed E-state index contributed by atoms with van der Waals surface area (Å²) in [5.41, 5.74) is 2.16. The van der Waals surface area contributed by atoms with E-state index in [0.29, 0.717) is 27.3 Å². The number of aliphatic hydroxyl groups excluding tert-OH is 3. The van der Waals surface area contributed by atoms with Crippen molar-refractivity contribution in [3.63, 3.8) is 0 Å². The highest BCUT2D eigenvalue weighted by atomic mass is 35.6. The van der Waals surface area contributed by atoms with Gasteiger partial charge in [0.25, 0.3) is 11.8 Å². The van der Waals surface area contributed by atoms with Crippen LogP contribution in [-0.4, -0.2) is 121 Å². The third kappa shape index (κ3) is 12.7. The molecule has 8 rings (SSSR count). The molecular formula is C44H61ClF2N10O7Si. The zero-order valence-corrected chi connectivity index (χ0v) is 38.5. The van der Waals surface area contributed by atoms with Gasteiger partial charge in [-0.05, 0) is 43.1 Å². The molecule has 2 fully saturated rings. The van der Waals surface area contributed by atoms with Crippen molar-refractivity contribution >= 4 is 64.2 Å². The average molecular weight is 950 g/mol. The Kier molecular flexibility index (Phi) is 17.4. The summed E-state index contributed by atoms with van der Waals surface area (Å²) >= 11 is 6.15. The molecule has 65 heavy (non-hydrogen) atoms. The van der Waals surface area contributed by atoms with E-state index >= 15 is 0 Å². The number of amides is 2. The molecule has 0 spiro atoms. The third-order valence-electron chi connectivity index (χ3n) is 10.6. The molecule has 4 aromatic heterocycles. The van der Waals surface area contributed by atoms with Crippen LogP contribution in [0.3, 0.4) is 0 Å². The van der Waals surface area contributed by atoms with Gasteiger partial charge < -0.3 is 35.4 Å². The van der Waals surface area contributed by atoms with Crippen LogP contribution in [0.25, 0.3) is 22.3 Å². The molecule has 8 atom stereocenters. The predicted molar refractivity (Wildman–Crippen MR) is 250 cm³/mol. The van der Waals surface area contributed by atoms with Crippen LogP contribution in [0.2, 0.25) is 18.1 Å². The van der Waals surface area contributed by atoms with Crippen molar-refractivity contribution in [2.75, 3.05) is 24.9 Å². The number of carbonyl (C=O) groups excluding carboxylic acids is 2. The fraction of sp³-hybridized carbons (Fsp3) is 0.455. The monoisotopic (exact) mass is 948 g/mol. The van der Waals surface area contributed by atoms with Crippen molar-refractivity contribution in [3.8, 4) is 0 Å². The Hall–Kier alpha value is -5.35. The maximum Gasteiger partial charge on any atom is 0.256 e.